The molecule has 0 radical (unpaired) electrons. The first kappa shape index (κ1) is 13.0. The summed E-state index contributed by atoms with van der Waals surface area (Å²) in [5.41, 5.74) is 2.29. The molecule has 1 N–H and O–H groups in total. The second-order valence-corrected chi connectivity index (χ2v) is 5.01. The Bertz CT molecular complexity index is 474. The molecule has 0 bridgehead atoms. The maximum Gasteiger partial charge on any atom is 0.278 e. The van der Waals surface area contributed by atoms with Gasteiger partial charge in [-0.1, -0.05) is 13.3 Å². The molecule has 0 spiro atoms. The van der Waals surface area contributed by atoms with Crippen molar-refractivity contribution in [3.8, 4) is 0 Å². The zero-order chi connectivity index (χ0) is 13.3. The van der Waals surface area contributed by atoms with E-state index in [0.717, 1.165) is 11.6 Å². The molecule has 1 aromatic heterocycles. The molecule has 2 atom stereocenters. The maximum absolute atomic E-state index is 11.0. The fourth-order valence-electron chi connectivity index (χ4n) is 2.40. The Morgan fingerprint density at radius 1 is 1.56 bits per heavy atom. The van der Waals surface area contributed by atoms with Gasteiger partial charge in [0.1, 0.15) is 0 Å². The number of pyridine rings is 1. The highest BCUT2D eigenvalue weighted by Gasteiger charge is 2.34. The molecule has 1 aliphatic carbocycles. The van der Waals surface area contributed by atoms with Gasteiger partial charge >= 0.3 is 0 Å². The van der Waals surface area contributed by atoms with E-state index in [-0.39, 0.29) is 10.6 Å². The summed E-state index contributed by atoms with van der Waals surface area (Å²) in [7, 11) is 0. The lowest BCUT2D eigenvalue weighted by molar-refractivity contribution is -0.386. The fraction of sp³-hybridized carbons (Fsp3) is 0.615. The zero-order valence-electron chi connectivity index (χ0n) is 11.1. The van der Waals surface area contributed by atoms with Crippen LogP contribution in [0.5, 0.6) is 0 Å². The fourth-order valence-corrected chi connectivity index (χ4v) is 2.40. The number of hydrogen-bond donors (Lipinski definition) is 1. The Balaban J connectivity index is 2.09. The molecule has 1 fully saturated rings. The second-order valence-electron chi connectivity index (χ2n) is 5.01. The number of aromatic nitrogens is 1. The summed E-state index contributed by atoms with van der Waals surface area (Å²) in [5, 5.41) is 14.4. The van der Waals surface area contributed by atoms with Gasteiger partial charge in [0.2, 0.25) is 0 Å². The third-order valence-electron chi connectivity index (χ3n) is 3.74. The van der Waals surface area contributed by atoms with E-state index in [0.29, 0.717) is 23.7 Å². The van der Waals surface area contributed by atoms with Crippen LogP contribution in [0.15, 0.2) is 6.20 Å². The van der Waals surface area contributed by atoms with Crippen LogP contribution in [0.25, 0.3) is 0 Å². The SMILES string of the molecule is CCC1CC1NCc1ncc(C)c([N+](=O)[O-])c1C. The van der Waals surface area contributed by atoms with Crippen LogP contribution in [0, 0.1) is 29.9 Å². The minimum absolute atomic E-state index is 0.199. The highest BCUT2D eigenvalue weighted by molar-refractivity contribution is 5.47. The van der Waals surface area contributed by atoms with Crippen molar-refractivity contribution < 1.29 is 4.92 Å². The van der Waals surface area contributed by atoms with Gasteiger partial charge in [0.25, 0.3) is 5.69 Å². The van der Waals surface area contributed by atoms with E-state index in [4.69, 9.17) is 0 Å². The summed E-state index contributed by atoms with van der Waals surface area (Å²) in [6, 6.07) is 0.566. The summed E-state index contributed by atoms with van der Waals surface area (Å²) in [5.74, 6) is 0.769. The number of hydrogen-bond acceptors (Lipinski definition) is 4. The van der Waals surface area contributed by atoms with Crippen LogP contribution in [0.1, 0.15) is 36.6 Å². The largest absolute Gasteiger partial charge is 0.308 e. The summed E-state index contributed by atoms with van der Waals surface area (Å²) in [4.78, 5) is 15.0. The smallest absolute Gasteiger partial charge is 0.278 e. The van der Waals surface area contributed by atoms with Crippen molar-refractivity contribution in [2.45, 2.75) is 46.2 Å². The van der Waals surface area contributed by atoms with Crippen molar-refractivity contribution in [1.29, 1.82) is 0 Å². The van der Waals surface area contributed by atoms with Crippen LogP contribution in [-0.2, 0) is 6.54 Å². The third-order valence-corrected chi connectivity index (χ3v) is 3.74. The molecule has 5 heteroatoms. The summed E-state index contributed by atoms with van der Waals surface area (Å²) < 4.78 is 0. The molecule has 2 rings (SSSR count). The van der Waals surface area contributed by atoms with Gasteiger partial charge in [0, 0.05) is 29.9 Å². The van der Waals surface area contributed by atoms with Crippen molar-refractivity contribution in [1.82, 2.24) is 10.3 Å². The van der Waals surface area contributed by atoms with E-state index in [1.165, 1.54) is 12.8 Å². The summed E-state index contributed by atoms with van der Waals surface area (Å²) in [6.45, 7) is 6.31. The Kier molecular flexibility index (Phi) is 3.61. The van der Waals surface area contributed by atoms with Crippen LogP contribution in [-0.4, -0.2) is 15.9 Å². The van der Waals surface area contributed by atoms with Gasteiger partial charge < -0.3 is 5.32 Å². The van der Waals surface area contributed by atoms with Crippen molar-refractivity contribution >= 4 is 5.69 Å². The normalized spacial score (nSPS) is 21.9. The van der Waals surface area contributed by atoms with Gasteiger partial charge in [-0.25, -0.2) is 0 Å². The van der Waals surface area contributed by atoms with Crippen LogP contribution >= 0.6 is 0 Å². The highest BCUT2D eigenvalue weighted by atomic mass is 16.6. The Labute approximate surface area is 107 Å². The molecular formula is C13H19N3O2. The van der Waals surface area contributed by atoms with Crippen molar-refractivity contribution in [3.05, 3.63) is 33.1 Å². The molecule has 18 heavy (non-hydrogen) atoms. The van der Waals surface area contributed by atoms with E-state index in [1.54, 1.807) is 20.0 Å². The summed E-state index contributed by atoms with van der Waals surface area (Å²) >= 11 is 0. The first-order valence-corrected chi connectivity index (χ1v) is 6.37. The molecule has 1 aliphatic rings. The molecule has 1 heterocycles. The first-order valence-electron chi connectivity index (χ1n) is 6.37. The van der Waals surface area contributed by atoms with Crippen molar-refractivity contribution in [2.75, 3.05) is 0 Å². The first-order chi connectivity index (χ1) is 8.54. The standard InChI is InChI=1S/C13H19N3O2/c1-4-10-5-11(10)15-7-12-9(3)13(16(17)18)8(2)6-14-12/h6,10-11,15H,4-5,7H2,1-3H3. The average molecular weight is 249 g/mol. The highest BCUT2D eigenvalue weighted by Crippen LogP contribution is 2.33. The van der Waals surface area contributed by atoms with Crippen molar-refractivity contribution in [2.24, 2.45) is 5.92 Å². The van der Waals surface area contributed by atoms with Crippen LogP contribution < -0.4 is 5.32 Å². The number of aryl methyl sites for hydroxylation is 1. The van der Waals surface area contributed by atoms with Gasteiger partial charge in [0.15, 0.2) is 0 Å². The monoisotopic (exact) mass is 249 g/mol. The molecule has 98 valence electrons. The van der Waals surface area contributed by atoms with E-state index < -0.39 is 0 Å². The van der Waals surface area contributed by atoms with Crippen LogP contribution in [0.3, 0.4) is 0 Å². The van der Waals surface area contributed by atoms with E-state index in [9.17, 15) is 10.1 Å². The molecule has 1 aromatic rings. The maximum atomic E-state index is 11.0. The molecule has 0 aliphatic heterocycles. The lowest BCUT2D eigenvalue weighted by Crippen LogP contribution is -2.19. The minimum Gasteiger partial charge on any atom is -0.308 e. The minimum atomic E-state index is -0.318. The Hall–Kier alpha value is -1.49. The van der Waals surface area contributed by atoms with Crippen LogP contribution in [0.4, 0.5) is 5.69 Å². The number of nitrogens with one attached hydrogen (secondary N) is 1. The van der Waals surface area contributed by atoms with Gasteiger partial charge in [-0.05, 0) is 26.2 Å². The molecule has 0 saturated heterocycles. The predicted octanol–water partition coefficient (Wildman–Crippen LogP) is 2.49. The van der Waals surface area contributed by atoms with E-state index >= 15 is 0 Å². The number of nitro groups is 1. The molecule has 0 amide bonds. The summed E-state index contributed by atoms with van der Waals surface area (Å²) in [6.07, 6.45) is 3.99. The predicted molar refractivity (Wildman–Crippen MR) is 69.4 cm³/mol. The molecule has 2 unspecified atom stereocenters. The Morgan fingerprint density at radius 3 is 2.83 bits per heavy atom. The molecule has 5 nitrogen and oxygen atoms in total. The third kappa shape index (κ3) is 2.51. The lowest BCUT2D eigenvalue weighted by atomic mass is 10.1. The second kappa shape index (κ2) is 5.02. The molecule has 0 aromatic carbocycles. The van der Waals surface area contributed by atoms with Gasteiger partial charge in [-0.3, -0.25) is 15.1 Å². The lowest BCUT2D eigenvalue weighted by Gasteiger charge is -2.08. The van der Waals surface area contributed by atoms with E-state index in [2.05, 4.69) is 17.2 Å². The number of rotatable bonds is 5. The zero-order valence-corrected chi connectivity index (χ0v) is 11.1. The number of nitrogens with zero attached hydrogens (tertiary/aromatic N) is 2. The molecule has 1 saturated carbocycles. The van der Waals surface area contributed by atoms with Gasteiger partial charge in [-0.15, -0.1) is 0 Å². The topological polar surface area (TPSA) is 68.1 Å². The van der Waals surface area contributed by atoms with Gasteiger partial charge in [0.05, 0.1) is 10.6 Å². The van der Waals surface area contributed by atoms with Gasteiger partial charge in [-0.2, -0.15) is 0 Å². The average Bonchev–Trinajstić information content (AvgIpc) is 3.06. The Morgan fingerprint density at radius 2 is 2.28 bits per heavy atom. The van der Waals surface area contributed by atoms with E-state index in [1.807, 2.05) is 0 Å². The van der Waals surface area contributed by atoms with Crippen LogP contribution in [0.2, 0.25) is 0 Å². The molecular weight excluding hydrogens is 230 g/mol. The quantitative estimate of drug-likeness (QED) is 0.643. The van der Waals surface area contributed by atoms with Crippen molar-refractivity contribution in [3.63, 3.8) is 0 Å².